The summed E-state index contributed by atoms with van der Waals surface area (Å²) in [6.07, 6.45) is 0.0251. The monoisotopic (exact) mass is 346 g/mol. The van der Waals surface area contributed by atoms with E-state index in [1.54, 1.807) is 6.07 Å². The molecule has 0 spiro atoms. The molecular formula is C19H22O6. The van der Waals surface area contributed by atoms with Gasteiger partial charge in [-0.2, -0.15) is 0 Å². The lowest BCUT2D eigenvalue weighted by Gasteiger charge is -2.19. The number of carbonyl (C=O) groups excluding carboxylic acids is 1. The summed E-state index contributed by atoms with van der Waals surface area (Å²) in [5.74, 6) is 1.26. The second-order valence-corrected chi connectivity index (χ2v) is 5.16. The highest BCUT2D eigenvalue weighted by molar-refractivity contribution is 5.76. The number of hydrogen-bond acceptors (Lipinski definition) is 6. The van der Waals surface area contributed by atoms with Crippen LogP contribution in [0.1, 0.15) is 11.1 Å². The van der Waals surface area contributed by atoms with Gasteiger partial charge in [0.25, 0.3) is 0 Å². The van der Waals surface area contributed by atoms with Crippen molar-refractivity contribution in [1.29, 1.82) is 0 Å². The molecule has 6 heteroatoms. The predicted octanol–water partition coefficient (Wildman–Crippen LogP) is 3.01. The molecule has 2 aromatic rings. The van der Waals surface area contributed by atoms with E-state index >= 15 is 0 Å². The second kappa shape index (κ2) is 8.82. The highest BCUT2D eigenvalue weighted by Crippen LogP contribution is 2.47. The van der Waals surface area contributed by atoms with E-state index in [0.29, 0.717) is 35.2 Å². The first-order chi connectivity index (χ1) is 12.1. The fraction of sp³-hybridized carbons (Fsp3) is 0.316. The second-order valence-electron chi connectivity index (χ2n) is 5.16. The molecule has 0 heterocycles. The number of hydrogen-bond donors (Lipinski definition) is 0. The molecule has 0 atom stereocenters. The van der Waals surface area contributed by atoms with Crippen LogP contribution >= 0.6 is 0 Å². The molecule has 0 fully saturated rings. The Bertz CT molecular complexity index is 712. The lowest BCUT2D eigenvalue weighted by molar-refractivity contribution is -0.139. The van der Waals surface area contributed by atoms with E-state index in [4.69, 9.17) is 23.7 Å². The minimum Gasteiger partial charge on any atom is -0.493 e. The Morgan fingerprint density at radius 1 is 0.880 bits per heavy atom. The van der Waals surface area contributed by atoms with E-state index in [9.17, 15) is 4.79 Å². The van der Waals surface area contributed by atoms with Crippen molar-refractivity contribution in [3.05, 3.63) is 47.5 Å². The maximum atomic E-state index is 11.8. The molecule has 0 saturated carbocycles. The molecular weight excluding hydrogens is 324 g/mol. The van der Waals surface area contributed by atoms with Crippen molar-refractivity contribution in [3.63, 3.8) is 0 Å². The van der Waals surface area contributed by atoms with Crippen molar-refractivity contribution in [2.75, 3.05) is 28.4 Å². The molecule has 0 N–H and O–H groups in total. The molecule has 0 aliphatic heterocycles. The third-order valence-electron chi connectivity index (χ3n) is 3.65. The molecule has 0 saturated heterocycles. The number of ether oxygens (including phenoxy) is 5. The highest BCUT2D eigenvalue weighted by atomic mass is 16.5. The van der Waals surface area contributed by atoms with Gasteiger partial charge in [-0.25, -0.2) is 0 Å². The largest absolute Gasteiger partial charge is 0.493 e. The van der Waals surface area contributed by atoms with Crippen LogP contribution in [0.2, 0.25) is 0 Å². The van der Waals surface area contributed by atoms with E-state index in [0.717, 1.165) is 5.56 Å². The quantitative estimate of drug-likeness (QED) is 0.685. The summed E-state index contributed by atoms with van der Waals surface area (Å²) >= 11 is 0. The molecule has 0 aliphatic carbocycles. The van der Waals surface area contributed by atoms with Crippen LogP contribution in [0, 0.1) is 0 Å². The average molecular weight is 346 g/mol. The van der Waals surface area contributed by atoms with Crippen molar-refractivity contribution in [3.8, 4) is 23.0 Å². The maximum Gasteiger partial charge on any atom is 0.310 e. The van der Waals surface area contributed by atoms with Gasteiger partial charge in [0.2, 0.25) is 11.5 Å². The first kappa shape index (κ1) is 18.4. The highest BCUT2D eigenvalue weighted by Gasteiger charge is 2.23. The number of carbonyl (C=O) groups is 1. The van der Waals surface area contributed by atoms with Gasteiger partial charge in [0.05, 0.1) is 34.9 Å². The molecule has 2 aromatic carbocycles. The molecule has 134 valence electrons. The first-order valence-electron chi connectivity index (χ1n) is 7.70. The van der Waals surface area contributed by atoms with Crippen LogP contribution < -0.4 is 18.9 Å². The predicted molar refractivity (Wildman–Crippen MR) is 92.6 cm³/mol. The number of rotatable bonds is 8. The SMILES string of the molecule is COC(=O)Cc1cc(OC)c(OC)c(OC)c1OCc1ccccc1. The smallest absolute Gasteiger partial charge is 0.310 e. The number of methoxy groups -OCH3 is 4. The van der Waals surface area contributed by atoms with Gasteiger partial charge in [0.15, 0.2) is 11.5 Å². The Hall–Kier alpha value is -2.89. The number of benzene rings is 2. The van der Waals surface area contributed by atoms with Crippen LogP contribution in [0.25, 0.3) is 0 Å². The third kappa shape index (κ3) is 4.35. The van der Waals surface area contributed by atoms with Gasteiger partial charge >= 0.3 is 5.97 Å². The molecule has 2 rings (SSSR count). The van der Waals surface area contributed by atoms with Crippen LogP contribution in [0.4, 0.5) is 0 Å². The van der Waals surface area contributed by atoms with Crippen molar-refractivity contribution in [2.45, 2.75) is 13.0 Å². The summed E-state index contributed by atoms with van der Waals surface area (Å²) in [5, 5.41) is 0. The molecule has 0 bridgehead atoms. The van der Waals surface area contributed by atoms with Crippen LogP contribution in [-0.4, -0.2) is 34.4 Å². The lowest BCUT2D eigenvalue weighted by Crippen LogP contribution is -2.09. The lowest BCUT2D eigenvalue weighted by atomic mass is 10.1. The summed E-state index contributed by atoms with van der Waals surface area (Å²) in [6, 6.07) is 11.4. The Kier molecular flexibility index (Phi) is 6.51. The van der Waals surface area contributed by atoms with E-state index in [1.165, 1.54) is 28.4 Å². The summed E-state index contributed by atoms with van der Waals surface area (Å²) in [6.45, 7) is 0.320. The summed E-state index contributed by atoms with van der Waals surface area (Å²) in [4.78, 5) is 11.8. The fourth-order valence-corrected chi connectivity index (χ4v) is 2.43. The van der Waals surface area contributed by atoms with E-state index in [1.807, 2.05) is 30.3 Å². The van der Waals surface area contributed by atoms with Gasteiger partial charge in [-0.1, -0.05) is 30.3 Å². The minimum atomic E-state index is -0.390. The molecule has 0 radical (unpaired) electrons. The first-order valence-corrected chi connectivity index (χ1v) is 7.70. The topological polar surface area (TPSA) is 63.2 Å². The van der Waals surface area contributed by atoms with Gasteiger partial charge in [-0.15, -0.1) is 0 Å². The standard InChI is InChI=1S/C19H22O6/c1-21-15-10-14(11-16(20)22-2)17(19(24-4)18(15)23-3)25-12-13-8-6-5-7-9-13/h5-10H,11-12H2,1-4H3. The molecule has 0 aliphatic rings. The van der Waals surface area contributed by atoms with Gasteiger partial charge in [0.1, 0.15) is 6.61 Å². The van der Waals surface area contributed by atoms with Gasteiger partial charge in [-0.3, -0.25) is 4.79 Å². The van der Waals surface area contributed by atoms with Gasteiger partial charge in [0, 0.05) is 5.56 Å². The molecule has 6 nitrogen and oxygen atoms in total. The van der Waals surface area contributed by atoms with Crippen LogP contribution in [-0.2, 0) is 22.6 Å². The zero-order valence-electron chi connectivity index (χ0n) is 14.8. The van der Waals surface area contributed by atoms with Crippen LogP contribution in [0.3, 0.4) is 0 Å². The van der Waals surface area contributed by atoms with Crippen molar-refractivity contribution >= 4 is 5.97 Å². The third-order valence-corrected chi connectivity index (χ3v) is 3.65. The Morgan fingerprint density at radius 3 is 2.12 bits per heavy atom. The molecule has 0 aromatic heterocycles. The molecule has 25 heavy (non-hydrogen) atoms. The van der Waals surface area contributed by atoms with Crippen molar-refractivity contribution < 1.29 is 28.5 Å². The Labute approximate surface area is 147 Å². The van der Waals surface area contributed by atoms with Crippen molar-refractivity contribution in [1.82, 2.24) is 0 Å². The summed E-state index contributed by atoms with van der Waals surface area (Å²) in [7, 11) is 5.88. The Balaban J connectivity index is 2.46. The molecule has 0 amide bonds. The zero-order valence-corrected chi connectivity index (χ0v) is 14.8. The van der Waals surface area contributed by atoms with E-state index < -0.39 is 0 Å². The summed E-state index contributed by atoms with van der Waals surface area (Å²) < 4.78 is 26.9. The maximum absolute atomic E-state index is 11.8. The normalized spacial score (nSPS) is 10.1. The zero-order chi connectivity index (χ0) is 18.2. The summed E-state index contributed by atoms with van der Waals surface area (Å²) in [5.41, 5.74) is 1.58. The number of esters is 1. The average Bonchev–Trinajstić information content (AvgIpc) is 2.66. The van der Waals surface area contributed by atoms with Crippen LogP contribution in [0.5, 0.6) is 23.0 Å². The van der Waals surface area contributed by atoms with Gasteiger partial charge in [-0.05, 0) is 11.6 Å². The van der Waals surface area contributed by atoms with Gasteiger partial charge < -0.3 is 23.7 Å². The van der Waals surface area contributed by atoms with Crippen molar-refractivity contribution in [2.24, 2.45) is 0 Å². The fourth-order valence-electron chi connectivity index (χ4n) is 2.43. The van der Waals surface area contributed by atoms with E-state index in [-0.39, 0.29) is 12.4 Å². The minimum absolute atomic E-state index is 0.0251. The van der Waals surface area contributed by atoms with E-state index in [2.05, 4.69) is 0 Å². The van der Waals surface area contributed by atoms with Crippen LogP contribution in [0.15, 0.2) is 36.4 Å². The Morgan fingerprint density at radius 2 is 1.56 bits per heavy atom. The molecule has 0 unspecified atom stereocenters.